The van der Waals surface area contributed by atoms with E-state index in [4.69, 9.17) is 0 Å². The molecule has 292 valence electrons. The van der Waals surface area contributed by atoms with E-state index < -0.39 is 35.9 Å². The number of rotatable bonds is 6. The standard InChI is InChI=1S/2C21H20F3N3O/c2*22-21(23,24)19-9-8-13(12-26-19)18-11-15(14-5-1-2-6-16(14)27-18)20(28)17-7-3-4-10-25-17/h2*1-2,5-6,8-9,11-12,17,20,25,28H,3-4,7,10H2/t2*17-,20-/m10/s1. The van der Waals surface area contributed by atoms with Gasteiger partial charge in [-0.25, -0.2) is 9.97 Å². The summed E-state index contributed by atoms with van der Waals surface area (Å²) in [6.45, 7) is 1.72. The minimum Gasteiger partial charge on any atom is -0.387 e. The Morgan fingerprint density at radius 1 is 0.554 bits per heavy atom. The van der Waals surface area contributed by atoms with Crippen LogP contribution in [0.2, 0.25) is 0 Å². The Bertz CT molecular complexity index is 2090. The number of nitrogens with one attached hydrogen (secondary N) is 2. The van der Waals surface area contributed by atoms with Crippen LogP contribution >= 0.6 is 0 Å². The van der Waals surface area contributed by atoms with Gasteiger partial charge in [-0.15, -0.1) is 0 Å². The van der Waals surface area contributed by atoms with Crippen molar-refractivity contribution in [1.82, 2.24) is 30.6 Å². The van der Waals surface area contributed by atoms with Gasteiger partial charge in [0, 0.05) is 46.4 Å². The Labute approximate surface area is 319 Å². The van der Waals surface area contributed by atoms with Crippen LogP contribution in [0.25, 0.3) is 44.3 Å². The second-order valence-electron chi connectivity index (χ2n) is 14.1. The Hall–Kier alpha value is -5.02. The molecule has 14 heteroatoms. The highest BCUT2D eigenvalue weighted by molar-refractivity contribution is 5.86. The lowest BCUT2D eigenvalue weighted by molar-refractivity contribution is -0.141. The normalized spacial score (nSPS) is 18.9. The van der Waals surface area contributed by atoms with Gasteiger partial charge in [0.15, 0.2) is 0 Å². The molecule has 4 N–H and O–H groups in total. The van der Waals surface area contributed by atoms with Crippen molar-refractivity contribution < 1.29 is 36.6 Å². The molecule has 6 aromatic rings. The average molecular weight is 775 g/mol. The van der Waals surface area contributed by atoms with Crippen LogP contribution in [-0.2, 0) is 12.4 Å². The van der Waals surface area contributed by atoms with Gasteiger partial charge in [-0.1, -0.05) is 49.2 Å². The van der Waals surface area contributed by atoms with Crippen molar-refractivity contribution in [1.29, 1.82) is 0 Å². The number of hydrogen-bond donors (Lipinski definition) is 4. The number of alkyl halides is 6. The molecule has 2 fully saturated rings. The molecule has 0 spiro atoms. The van der Waals surface area contributed by atoms with Gasteiger partial charge in [-0.2, -0.15) is 26.3 Å². The van der Waals surface area contributed by atoms with E-state index in [0.29, 0.717) is 33.5 Å². The molecule has 0 bridgehead atoms. The molecule has 0 unspecified atom stereocenters. The van der Waals surface area contributed by atoms with E-state index in [1.807, 2.05) is 48.5 Å². The first-order chi connectivity index (χ1) is 26.9. The fourth-order valence-electron chi connectivity index (χ4n) is 7.35. The van der Waals surface area contributed by atoms with E-state index in [1.165, 1.54) is 24.5 Å². The molecule has 56 heavy (non-hydrogen) atoms. The third kappa shape index (κ3) is 8.83. The topological polar surface area (TPSA) is 116 Å². The minimum atomic E-state index is -4.48. The minimum absolute atomic E-state index is 0.0573. The number of nitrogens with zero attached hydrogens (tertiary/aromatic N) is 4. The molecular weight excluding hydrogens is 734 g/mol. The molecule has 8 rings (SSSR count). The number of benzene rings is 2. The monoisotopic (exact) mass is 774 g/mol. The van der Waals surface area contributed by atoms with Crippen LogP contribution < -0.4 is 10.6 Å². The van der Waals surface area contributed by atoms with Crippen LogP contribution in [0.15, 0.2) is 97.3 Å². The molecule has 8 nitrogen and oxygen atoms in total. The second kappa shape index (κ2) is 16.6. The number of fused-ring (bicyclic) bond motifs is 2. The molecule has 6 heterocycles. The summed E-state index contributed by atoms with van der Waals surface area (Å²) < 4.78 is 76.7. The molecule has 2 aliphatic heterocycles. The molecular formula is C42H40F6N6O2. The maximum atomic E-state index is 12.8. The number of aliphatic hydroxyl groups is 2. The van der Waals surface area contributed by atoms with Gasteiger partial charge in [0.1, 0.15) is 11.4 Å². The number of hydrogen-bond acceptors (Lipinski definition) is 8. The number of halogens is 6. The molecule has 0 amide bonds. The highest BCUT2D eigenvalue weighted by Gasteiger charge is 2.33. The van der Waals surface area contributed by atoms with Crippen LogP contribution in [0.1, 0.15) is 73.2 Å². The smallest absolute Gasteiger partial charge is 0.387 e. The largest absolute Gasteiger partial charge is 0.433 e. The lowest BCUT2D eigenvalue weighted by atomic mass is 9.92. The highest BCUT2D eigenvalue weighted by atomic mass is 19.4. The van der Waals surface area contributed by atoms with Crippen LogP contribution in [-0.4, -0.2) is 55.3 Å². The van der Waals surface area contributed by atoms with Crippen LogP contribution in [0, 0.1) is 0 Å². The van der Waals surface area contributed by atoms with Crippen molar-refractivity contribution in [3.05, 3.63) is 120 Å². The van der Waals surface area contributed by atoms with E-state index in [0.717, 1.165) is 85.6 Å². The Balaban J connectivity index is 0.000000172. The first-order valence-electron chi connectivity index (χ1n) is 18.6. The number of pyridine rings is 4. The molecule has 2 saturated heterocycles. The highest BCUT2D eigenvalue weighted by Crippen LogP contribution is 2.35. The zero-order chi connectivity index (χ0) is 39.5. The van der Waals surface area contributed by atoms with Crippen molar-refractivity contribution in [3.63, 3.8) is 0 Å². The number of aromatic nitrogens is 4. The van der Waals surface area contributed by atoms with Gasteiger partial charge in [-0.3, -0.25) is 9.97 Å². The van der Waals surface area contributed by atoms with E-state index >= 15 is 0 Å². The summed E-state index contributed by atoms with van der Waals surface area (Å²) in [5.41, 5.74) is 2.86. The van der Waals surface area contributed by atoms with E-state index in [9.17, 15) is 36.6 Å². The van der Waals surface area contributed by atoms with Gasteiger partial charge in [0.25, 0.3) is 0 Å². The van der Waals surface area contributed by atoms with Crippen LogP contribution in [0.3, 0.4) is 0 Å². The molecule has 4 aromatic heterocycles. The zero-order valence-corrected chi connectivity index (χ0v) is 30.2. The van der Waals surface area contributed by atoms with Crippen molar-refractivity contribution in [2.24, 2.45) is 0 Å². The van der Waals surface area contributed by atoms with E-state index in [-0.39, 0.29) is 12.1 Å². The first kappa shape index (κ1) is 39.2. The van der Waals surface area contributed by atoms with Crippen molar-refractivity contribution in [2.45, 2.75) is 75.2 Å². The Morgan fingerprint density at radius 3 is 1.30 bits per heavy atom. The molecule has 2 aliphatic rings. The van der Waals surface area contributed by atoms with E-state index in [2.05, 4.69) is 30.6 Å². The predicted octanol–water partition coefficient (Wildman–Crippen LogP) is 8.98. The second-order valence-corrected chi connectivity index (χ2v) is 14.1. The fraction of sp³-hybridized carbons (Fsp3) is 0.333. The van der Waals surface area contributed by atoms with Gasteiger partial charge >= 0.3 is 12.4 Å². The summed E-state index contributed by atoms with van der Waals surface area (Å²) in [4.78, 5) is 16.2. The molecule has 0 aliphatic carbocycles. The first-order valence-corrected chi connectivity index (χ1v) is 18.6. The van der Waals surface area contributed by atoms with Gasteiger partial charge in [0.2, 0.25) is 0 Å². The lowest BCUT2D eigenvalue weighted by Crippen LogP contribution is -2.38. The number of piperidine rings is 2. The van der Waals surface area contributed by atoms with Gasteiger partial charge < -0.3 is 20.8 Å². The van der Waals surface area contributed by atoms with Crippen LogP contribution in [0.5, 0.6) is 0 Å². The van der Waals surface area contributed by atoms with Crippen LogP contribution in [0.4, 0.5) is 26.3 Å². The Kier molecular flexibility index (Phi) is 11.6. The summed E-state index contributed by atoms with van der Waals surface area (Å²) in [6, 6.07) is 23.0. The molecule has 0 saturated carbocycles. The maximum absolute atomic E-state index is 12.8. The maximum Gasteiger partial charge on any atom is 0.433 e. The van der Waals surface area contributed by atoms with Gasteiger partial charge in [0.05, 0.1) is 34.6 Å². The summed E-state index contributed by atoms with van der Waals surface area (Å²) in [5, 5.41) is 30.4. The summed E-state index contributed by atoms with van der Waals surface area (Å²) in [7, 11) is 0. The van der Waals surface area contributed by atoms with Gasteiger partial charge in [-0.05, 0) is 98.4 Å². The summed E-state index contributed by atoms with van der Waals surface area (Å²) in [6.07, 6.45) is -2.06. The predicted molar refractivity (Wildman–Crippen MR) is 201 cm³/mol. The number of aliphatic hydroxyl groups excluding tert-OH is 2. The van der Waals surface area contributed by atoms with E-state index in [1.54, 1.807) is 12.1 Å². The van der Waals surface area contributed by atoms with Crippen molar-refractivity contribution >= 4 is 21.8 Å². The molecule has 4 atom stereocenters. The molecule has 2 aromatic carbocycles. The van der Waals surface area contributed by atoms with Crippen molar-refractivity contribution in [2.75, 3.05) is 13.1 Å². The quantitative estimate of drug-likeness (QED) is 0.124. The summed E-state index contributed by atoms with van der Waals surface area (Å²) >= 11 is 0. The Morgan fingerprint density at radius 2 is 0.964 bits per heavy atom. The zero-order valence-electron chi connectivity index (χ0n) is 30.2. The lowest BCUT2D eigenvalue weighted by Gasteiger charge is -2.29. The third-order valence-corrected chi connectivity index (χ3v) is 10.3. The van der Waals surface area contributed by atoms with Crippen molar-refractivity contribution in [3.8, 4) is 22.5 Å². The fourth-order valence-corrected chi connectivity index (χ4v) is 7.35. The molecule has 0 radical (unpaired) electrons. The average Bonchev–Trinajstić information content (AvgIpc) is 3.22. The summed E-state index contributed by atoms with van der Waals surface area (Å²) in [5.74, 6) is 0. The number of para-hydroxylation sites is 2. The SMILES string of the molecule is O[C@@H](c1cc(-c2ccc(C(F)(F)F)nc2)nc2ccccc12)[C@@H]1CCCCN1.O[C@H](c1cc(-c2ccc(C(F)(F)F)nc2)nc2ccccc12)[C@H]1CCCCN1. The third-order valence-electron chi connectivity index (χ3n) is 10.3.